The second-order valence-corrected chi connectivity index (χ2v) is 7.69. The Morgan fingerprint density at radius 1 is 0.962 bits per heavy atom. The van der Waals surface area contributed by atoms with Gasteiger partial charge in [0.1, 0.15) is 0 Å². The van der Waals surface area contributed by atoms with Gasteiger partial charge in [-0.15, -0.1) is 0 Å². The smallest absolute Gasteiger partial charge is 0.251 e. The molecular weight excluding hydrogens is 354 g/mol. The highest BCUT2D eigenvalue weighted by Gasteiger charge is 2.13. The minimum atomic E-state index is -3.34. The number of rotatable bonds is 7. The number of anilines is 2. The maximum Gasteiger partial charge on any atom is 0.251 e. The van der Waals surface area contributed by atoms with Crippen molar-refractivity contribution in [2.45, 2.75) is 19.4 Å². The lowest BCUT2D eigenvalue weighted by Crippen LogP contribution is -2.35. The summed E-state index contributed by atoms with van der Waals surface area (Å²) in [6.45, 7) is 1.75. The van der Waals surface area contributed by atoms with Crippen LogP contribution in [0.1, 0.15) is 23.7 Å². The Morgan fingerprint density at radius 3 is 2.12 bits per heavy atom. The Morgan fingerprint density at radius 2 is 1.54 bits per heavy atom. The van der Waals surface area contributed by atoms with Gasteiger partial charge >= 0.3 is 0 Å². The third kappa shape index (κ3) is 6.56. The molecule has 2 aromatic carbocycles. The van der Waals surface area contributed by atoms with Crippen LogP contribution in [0.15, 0.2) is 54.6 Å². The molecule has 0 heterocycles. The van der Waals surface area contributed by atoms with Gasteiger partial charge in [0.15, 0.2) is 0 Å². The summed E-state index contributed by atoms with van der Waals surface area (Å²) in [6.07, 6.45) is 1.18. The van der Waals surface area contributed by atoms with E-state index in [1.807, 2.05) is 6.07 Å². The standard InChI is InChI=1S/C18H21N3O4S/c1-13(19-18(23)14-6-4-3-5-7-14)12-17(22)20-15-8-10-16(11-9-15)21-26(2,24)25/h3-11,13,21H,12H2,1-2H3,(H,19,23)(H,20,22)/t13-/m0/s1. The fourth-order valence-electron chi connectivity index (χ4n) is 2.27. The van der Waals surface area contributed by atoms with Crippen LogP contribution in [-0.4, -0.2) is 32.5 Å². The maximum absolute atomic E-state index is 12.1. The molecule has 0 aliphatic carbocycles. The summed E-state index contributed by atoms with van der Waals surface area (Å²) in [6, 6.07) is 14.7. The number of sulfonamides is 1. The maximum atomic E-state index is 12.1. The molecule has 0 aliphatic rings. The number of hydrogen-bond acceptors (Lipinski definition) is 4. The molecule has 2 rings (SSSR count). The van der Waals surface area contributed by atoms with Crippen LogP contribution in [0.3, 0.4) is 0 Å². The number of amides is 2. The van der Waals surface area contributed by atoms with E-state index < -0.39 is 10.0 Å². The first kappa shape index (κ1) is 19.5. The van der Waals surface area contributed by atoms with Gasteiger partial charge in [-0.3, -0.25) is 14.3 Å². The van der Waals surface area contributed by atoms with Gasteiger partial charge in [0.25, 0.3) is 5.91 Å². The topological polar surface area (TPSA) is 104 Å². The van der Waals surface area contributed by atoms with Crippen LogP contribution < -0.4 is 15.4 Å². The highest BCUT2D eigenvalue weighted by atomic mass is 32.2. The molecule has 7 nitrogen and oxygen atoms in total. The van der Waals surface area contributed by atoms with E-state index in [4.69, 9.17) is 0 Å². The Kier molecular flexibility index (Phi) is 6.35. The average molecular weight is 375 g/mol. The van der Waals surface area contributed by atoms with E-state index in [0.717, 1.165) is 6.26 Å². The molecule has 8 heteroatoms. The lowest BCUT2D eigenvalue weighted by molar-refractivity contribution is -0.116. The summed E-state index contributed by atoms with van der Waals surface area (Å²) in [5.74, 6) is -0.489. The van der Waals surface area contributed by atoms with Gasteiger partial charge in [-0.1, -0.05) is 18.2 Å². The number of carbonyl (C=O) groups excluding carboxylic acids is 2. The zero-order valence-corrected chi connectivity index (χ0v) is 15.3. The molecular formula is C18H21N3O4S. The van der Waals surface area contributed by atoms with Gasteiger partial charge in [0, 0.05) is 29.4 Å². The molecule has 0 bridgehead atoms. The number of hydrogen-bond donors (Lipinski definition) is 3. The molecule has 0 spiro atoms. The zero-order chi connectivity index (χ0) is 19.2. The van der Waals surface area contributed by atoms with Crippen molar-refractivity contribution in [2.24, 2.45) is 0 Å². The monoisotopic (exact) mass is 375 g/mol. The molecule has 0 aliphatic heterocycles. The molecule has 138 valence electrons. The van der Waals surface area contributed by atoms with E-state index >= 15 is 0 Å². The second-order valence-electron chi connectivity index (χ2n) is 5.94. The molecule has 0 saturated heterocycles. The van der Waals surface area contributed by atoms with Crippen molar-refractivity contribution < 1.29 is 18.0 Å². The summed E-state index contributed by atoms with van der Waals surface area (Å²) in [5, 5.41) is 5.48. The molecule has 0 saturated carbocycles. The van der Waals surface area contributed by atoms with Crippen LogP contribution >= 0.6 is 0 Å². The normalized spacial score (nSPS) is 12.1. The quantitative estimate of drug-likeness (QED) is 0.690. The summed E-state index contributed by atoms with van der Waals surface area (Å²) in [4.78, 5) is 24.1. The Hall–Kier alpha value is -2.87. The first-order valence-corrected chi connectivity index (χ1v) is 9.86. The average Bonchev–Trinajstić information content (AvgIpc) is 2.56. The summed E-state index contributed by atoms with van der Waals surface area (Å²) >= 11 is 0. The third-order valence-electron chi connectivity index (χ3n) is 3.38. The summed E-state index contributed by atoms with van der Waals surface area (Å²) in [5.41, 5.74) is 1.48. The van der Waals surface area contributed by atoms with Crippen LogP contribution in [0.5, 0.6) is 0 Å². The van der Waals surface area contributed by atoms with Crippen LogP contribution in [-0.2, 0) is 14.8 Å². The lowest BCUT2D eigenvalue weighted by atomic mass is 10.1. The predicted molar refractivity (Wildman–Crippen MR) is 102 cm³/mol. The first-order valence-electron chi connectivity index (χ1n) is 7.96. The van der Waals surface area contributed by atoms with Crippen molar-refractivity contribution >= 4 is 33.2 Å². The molecule has 2 amide bonds. The molecule has 2 aromatic rings. The highest BCUT2D eigenvalue weighted by Crippen LogP contribution is 2.15. The van der Waals surface area contributed by atoms with E-state index in [2.05, 4.69) is 15.4 Å². The SMILES string of the molecule is C[C@@H](CC(=O)Nc1ccc(NS(C)(=O)=O)cc1)NC(=O)c1ccccc1. The van der Waals surface area contributed by atoms with E-state index in [1.165, 1.54) is 0 Å². The summed E-state index contributed by atoms with van der Waals surface area (Å²) in [7, 11) is -3.34. The van der Waals surface area contributed by atoms with Gasteiger partial charge in [0.05, 0.1) is 6.26 Å². The fraction of sp³-hybridized carbons (Fsp3) is 0.222. The van der Waals surface area contributed by atoms with Crippen LogP contribution in [0.4, 0.5) is 11.4 Å². The first-order chi connectivity index (χ1) is 12.2. The van der Waals surface area contributed by atoms with Crippen molar-refractivity contribution in [3.8, 4) is 0 Å². The fourth-order valence-corrected chi connectivity index (χ4v) is 2.84. The zero-order valence-electron chi connectivity index (χ0n) is 14.5. The molecule has 0 radical (unpaired) electrons. The van der Waals surface area contributed by atoms with Crippen molar-refractivity contribution in [1.82, 2.24) is 5.32 Å². The molecule has 0 aromatic heterocycles. The van der Waals surface area contributed by atoms with Crippen molar-refractivity contribution in [2.75, 3.05) is 16.3 Å². The van der Waals surface area contributed by atoms with Crippen LogP contribution in [0.25, 0.3) is 0 Å². The van der Waals surface area contributed by atoms with Gasteiger partial charge in [-0.25, -0.2) is 8.42 Å². The molecule has 0 fully saturated rings. The minimum Gasteiger partial charge on any atom is -0.349 e. The van der Waals surface area contributed by atoms with Gasteiger partial charge in [-0.05, 0) is 43.3 Å². The van der Waals surface area contributed by atoms with Gasteiger partial charge < -0.3 is 10.6 Å². The third-order valence-corrected chi connectivity index (χ3v) is 3.98. The largest absolute Gasteiger partial charge is 0.349 e. The van der Waals surface area contributed by atoms with Crippen molar-refractivity contribution in [1.29, 1.82) is 0 Å². The highest BCUT2D eigenvalue weighted by molar-refractivity contribution is 7.92. The van der Waals surface area contributed by atoms with E-state index in [-0.39, 0.29) is 24.3 Å². The Balaban J connectivity index is 1.85. The van der Waals surface area contributed by atoms with Crippen molar-refractivity contribution in [3.05, 3.63) is 60.2 Å². The molecule has 26 heavy (non-hydrogen) atoms. The minimum absolute atomic E-state index is 0.113. The Bertz CT molecular complexity index is 865. The molecule has 1 atom stereocenters. The lowest BCUT2D eigenvalue weighted by Gasteiger charge is -2.14. The predicted octanol–water partition coefficient (Wildman–Crippen LogP) is 2.21. The van der Waals surface area contributed by atoms with Gasteiger partial charge in [0.2, 0.25) is 15.9 Å². The molecule has 0 unspecified atom stereocenters. The molecule has 3 N–H and O–H groups in total. The Labute approximate surface area is 152 Å². The van der Waals surface area contributed by atoms with Crippen LogP contribution in [0.2, 0.25) is 0 Å². The number of benzene rings is 2. The summed E-state index contributed by atoms with van der Waals surface area (Å²) < 4.78 is 24.7. The second kappa shape index (κ2) is 8.48. The van der Waals surface area contributed by atoms with E-state index in [1.54, 1.807) is 55.5 Å². The van der Waals surface area contributed by atoms with Gasteiger partial charge in [-0.2, -0.15) is 0 Å². The number of nitrogens with one attached hydrogen (secondary N) is 3. The van der Waals surface area contributed by atoms with E-state index in [9.17, 15) is 18.0 Å². The van der Waals surface area contributed by atoms with Crippen LogP contribution in [0, 0.1) is 0 Å². The number of carbonyl (C=O) groups is 2. The van der Waals surface area contributed by atoms with E-state index in [0.29, 0.717) is 16.9 Å². The van der Waals surface area contributed by atoms with Crippen molar-refractivity contribution in [3.63, 3.8) is 0 Å².